The van der Waals surface area contributed by atoms with Crippen molar-refractivity contribution in [1.82, 2.24) is 19.6 Å². The van der Waals surface area contributed by atoms with Gasteiger partial charge in [0.05, 0.1) is 68.0 Å². The Bertz CT molecular complexity index is 2380. The van der Waals surface area contributed by atoms with Gasteiger partial charge in [-0.3, -0.25) is 13.8 Å². The Hall–Kier alpha value is -4.61. The molecule has 0 atom stereocenters. The van der Waals surface area contributed by atoms with Crippen molar-refractivity contribution in [3.05, 3.63) is 144 Å². The first kappa shape index (κ1) is 50.7. The number of aliphatic hydroxyl groups is 1. The van der Waals surface area contributed by atoms with Gasteiger partial charge in [-0.05, 0) is 82.9 Å². The number of nitrogens with zero attached hydrogens (tertiary/aromatic N) is 4. The summed E-state index contributed by atoms with van der Waals surface area (Å²) >= 11 is 12.3. The lowest BCUT2D eigenvalue weighted by Crippen LogP contribution is -2.36. The SMILES string of the molecule is C.CC(C)(C)n1ncc(OCc2ccc(COCCO)cc2)c(Cl)c1=O.Cc1ccc(S(=O)(=O)OCCOCc2ccc(COc3cnn(C(C)(C)C)c(=O)c3Cl)cc2)cc1. The van der Waals surface area contributed by atoms with Crippen LogP contribution in [0.4, 0.5) is 0 Å². The predicted molar refractivity (Wildman–Crippen MR) is 236 cm³/mol. The number of rotatable bonds is 17. The quantitative estimate of drug-likeness (QED) is 0.0710. The number of halogens is 2. The molecule has 0 aliphatic heterocycles. The number of aliphatic hydroxyl groups excluding tert-OH is 1. The van der Waals surface area contributed by atoms with Crippen LogP contribution < -0.4 is 20.6 Å². The van der Waals surface area contributed by atoms with Gasteiger partial charge in [0.15, 0.2) is 21.5 Å². The molecule has 0 aliphatic rings. The lowest BCUT2D eigenvalue weighted by Gasteiger charge is -2.21. The van der Waals surface area contributed by atoms with Crippen LogP contribution >= 0.6 is 23.2 Å². The van der Waals surface area contributed by atoms with Crippen LogP contribution in [0.3, 0.4) is 0 Å². The van der Waals surface area contributed by atoms with Gasteiger partial charge in [-0.15, -0.1) is 0 Å². The van der Waals surface area contributed by atoms with E-state index in [0.29, 0.717) is 19.8 Å². The molecule has 61 heavy (non-hydrogen) atoms. The molecule has 5 rings (SSSR count). The predicted octanol–water partition coefficient (Wildman–Crippen LogP) is 7.84. The van der Waals surface area contributed by atoms with E-state index in [-0.39, 0.29) is 72.5 Å². The molecule has 0 spiro atoms. The molecule has 2 heterocycles. The van der Waals surface area contributed by atoms with Crippen molar-refractivity contribution in [2.45, 2.75) is 98.3 Å². The summed E-state index contributed by atoms with van der Waals surface area (Å²) in [6.45, 7) is 14.7. The van der Waals surface area contributed by atoms with Crippen LogP contribution in [0, 0.1) is 6.92 Å². The van der Waals surface area contributed by atoms with Crippen molar-refractivity contribution in [3.63, 3.8) is 0 Å². The highest BCUT2D eigenvalue weighted by atomic mass is 35.5. The normalized spacial score (nSPS) is 11.6. The van der Waals surface area contributed by atoms with Gasteiger partial charge in [-0.1, -0.05) is 96.9 Å². The summed E-state index contributed by atoms with van der Waals surface area (Å²) in [4.78, 5) is 24.8. The Kier molecular flexibility index (Phi) is 19.1. The van der Waals surface area contributed by atoms with E-state index in [0.717, 1.165) is 27.8 Å². The average molecular weight is 904 g/mol. The zero-order chi connectivity index (χ0) is 44.1. The third kappa shape index (κ3) is 15.4. The van der Waals surface area contributed by atoms with Gasteiger partial charge in [0.2, 0.25) is 0 Å². The first-order chi connectivity index (χ1) is 28.3. The molecule has 0 fully saturated rings. The maximum atomic E-state index is 12.4. The minimum absolute atomic E-state index is 0. The van der Waals surface area contributed by atoms with Crippen molar-refractivity contribution in [2.24, 2.45) is 0 Å². The lowest BCUT2D eigenvalue weighted by molar-refractivity contribution is 0.0815. The summed E-state index contributed by atoms with van der Waals surface area (Å²) in [5, 5.41) is 17.0. The smallest absolute Gasteiger partial charge is 0.297 e. The van der Waals surface area contributed by atoms with Crippen LogP contribution in [0.2, 0.25) is 10.0 Å². The molecule has 17 heteroatoms. The molecular weight excluding hydrogens is 847 g/mol. The van der Waals surface area contributed by atoms with Gasteiger partial charge in [-0.2, -0.15) is 18.6 Å². The molecule has 0 radical (unpaired) electrons. The standard InChI is InChI=1S/C25H29ClN2O6S.C18H23ClN2O4.CH4/c1-18-5-11-21(12-6-18)35(30,31)34-14-13-32-16-19-7-9-20(10-8-19)17-33-22-15-27-28(25(2,3)4)24(29)23(22)26;1-18(2,3)21-17(23)16(19)15(10-20-21)25-12-14-6-4-13(5-7-14)11-24-9-8-22;/h5-12,15H,13-14,16-17H2,1-4H3;4-7,10,22H,8-9,11-12H2,1-3H3;1H4. The molecule has 0 amide bonds. The Labute approximate surface area is 368 Å². The molecule has 2 aromatic heterocycles. The van der Waals surface area contributed by atoms with E-state index in [9.17, 15) is 18.0 Å². The highest BCUT2D eigenvalue weighted by molar-refractivity contribution is 7.86. The first-order valence-electron chi connectivity index (χ1n) is 19.0. The van der Waals surface area contributed by atoms with Crippen molar-refractivity contribution in [1.29, 1.82) is 0 Å². The molecule has 3 aromatic carbocycles. The summed E-state index contributed by atoms with van der Waals surface area (Å²) < 4.78 is 54.1. The third-order valence-corrected chi connectivity index (χ3v) is 10.5. The Morgan fingerprint density at radius 2 is 0.984 bits per heavy atom. The Morgan fingerprint density at radius 1 is 0.607 bits per heavy atom. The van der Waals surface area contributed by atoms with E-state index in [4.69, 9.17) is 51.4 Å². The van der Waals surface area contributed by atoms with Gasteiger partial charge in [0, 0.05) is 0 Å². The van der Waals surface area contributed by atoms with Crippen LogP contribution in [-0.2, 0) is 61.3 Å². The molecule has 1 N–H and O–H groups in total. The lowest BCUT2D eigenvalue weighted by atomic mass is 10.1. The minimum atomic E-state index is -3.80. The Balaban J connectivity index is 0.000000338. The molecule has 0 bridgehead atoms. The summed E-state index contributed by atoms with van der Waals surface area (Å²) in [5.41, 5.74) is 2.97. The maximum absolute atomic E-state index is 12.4. The topological polar surface area (TPSA) is 170 Å². The van der Waals surface area contributed by atoms with Crippen LogP contribution in [0.5, 0.6) is 11.5 Å². The summed E-state index contributed by atoms with van der Waals surface area (Å²) in [6, 6.07) is 21.6. The van der Waals surface area contributed by atoms with Crippen LogP contribution in [0.1, 0.15) is 76.8 Å². The molecule has 332 valence electrons. The summed E-state index contributed by atoms with van der Waals surface area (Å²) in [7, 11) is -3.80. The van der Waals surface area contributed by atoms with Crippen molar-refractivity contribution < 1.29 is 36.7 Å². The van der Waals surface area contributed by atoms with E-state index in [1.54, 1.807) is 12.1 Å². The summed E-state index contributed by atoms with van der Waals surface area (Å²) in [6.07, 6.45) is 2.91. The number of aromatic nitrogens is 4. The molecule has 14 nitrogen and oxygen atoms in total. The molecule has 0 saturated carbocycles. The van der Waals surface area contributed by atoms with E-state index < -0.39 is 26.8 Å². The second-order valence-electron chi connectivity index (χ2n) is 15.5. The van der Waals surface area contributed by atoms with Gasteiger partial charge < -0.3 is 24.1 Å². The van der Waals surface area contributed by atoms with E-state index in [2.05, 4.69) is 10.2 Å². The van der Waals surface area contributed by atoms with E-state index >= 15 is 0 Å². The number of ether oxygens (including phenoxy) is 4. The second kappa shape index (κ2) is 23.0. The number of hydrogen-bond acceptors (Lipinski definition) is 12. The van der Waals surface area contributed by atoms with Crippen LogP contribution in [0.15, 0.2) is 99.7 Å². The number of aryl methyl sites for hydroxylation is 1. The highest BCUT2D eigenvalue weighted by Crippen LogP contribution is 2.23. The van der Waals surface area contributed by atoms with E-state index in [1.165, 1.54) is 33.9 Å². The highest BCUT2D eigenvalue weighted by Gasteiger charge is 2.21. The van der Waals surface area contributed by atoms with Crippen LogP contribution in [-0.4, -0.2) is 59.5 Å². The molecule has 0 aliphatic carbocycles. The molecule has 0 saturated heterocycles. The monoisotopic (exact) mass is 902 g/mol. The number of hydrogen-bond donors (Lipinski definition) is 1. The minimum Gasteiger partial charge on any atom is -0.485 e. The van der Waals surface area contributed by atoms with Crippen LogP contribution in [0.25, 0.3) is 0 Å². The largest absolute Gasteiger partial charge is 0.485 e. The Morgan fingerprint density at radius 3 is 1.36 bits per heavy atom. The fourth-order valence-electron chi connectivity index (χ4n) is 5.20. The molecular formula is C44H56Cl2N4O10S. The van der Waals surface area contributed by atoms with Crippen molar-refractivity contribution in [2.75, 3.05) is 26.4 Å². The first-order valence-corrected chi connectivity index (χ1v) is 21.2. The summed E-state index contributed by atoms with van der Waals surface area (Å²) in [5.74, 6) is 0.493. The average Bonchev–Trinajstić information content (AvgIpc) is 3.19. The maximum Gasteiger partial charge on any atom is 0.297 e. The fourth-order valence-corrected chi connectivity index (χ4v) is 6.46. The zero-order valence-corrected chi connectivity index (χ0v) is 37.1. The fraction of sp³-hybridized carbons (Fsp3) is 0.409. The van der Waals surface area contributed by atoms with Gasteiger partial charge >= 0.3 is 0 Å². The van der Waals surface area contributed by atoms with Crippen molar-refractivity contribution >= 4 is 33.3 Å². The van der Waals surface area contributed by atoms with E-state index in [1.807, 2.05) is 97.0 Å². The van der Waals surface area contributed by atoms with Gasteiger partial charge in [-0.25, -0.2) is 9.36 Å². The van der Waals surface area contributed by atoms with Crippen molar-refractivity contribution in [3.8, 4) is 11.5 Å². The zero-order valence-electron chi connectivity index (χ0n) is 34.8. The third-order valence-electron chi connectivity index (χ3n) is 8.43. The number of benzene rings is 3. The molecule has 5 aromatic rings. The van der Waals surface area contributed by atoms with Gasteiger partial charge in [0.25, 0.3) is 21.2 Å². The molecule has 0 unspecified atom stereocenters. The second-order valence-corrected chi connectivity index (χ2v) is 17.9. The van der Waals surface area contributed by atoms with Gasteiger partial charge in [0.1, 0.15) is 13.2 Å².